The van der Waals surface area contributed by atoms with Crippen LogP contribution in [0.15, 0.2) is 0 Å². The minimum Gasteiger partial charge on any atom is -0.368 e. The van der Waals surface area contributed by atoms with Crippen LogP contribution in [0.1, 0.15) is 79.1 Å². The number of hydrogen-bond donors (Lipinski definition) is 0. The summed E-state index contributed by atoms with van der Waals surface area (Å²) in [5.74, 6) is 1.91. The summed E-state index contributed by atoms with van der Waals surface area (Å²) in [5, 5.41) is 0. The second kappa shape index (κ2) is 3.55. The van der Waals surface area contributed by atoms with Crippen molar-refractivity contribution in [3.63, 3.8) is 0 Å². The number of rotatable bonds is 0. The summed E-state index contributed by atoms with van der Waals surface area (Å²) in [6, 6.07) is 0. The van der Waals surface area contributed by atoms with Crippen molar-refractivity contribution >= 4 is 0 Å². The lowest BCUT2D eigenvalue weighted by molar-refractivity contribution is -0.170. The van der Waals surface area contributed by atoms with Gasteiger partial charge in [0.2, 0.25) is 0 Å². The first-order chi connectivity index (χ1) is 9.82. The lowest BCUT2D eigenvalue weighted by atomic mass is 9.40. The van der Waals surface area contributed by atoms with E-state index < -0.39 is 0 Å². The number of epoxide rings is 1. The number of hydrogen-bond acceptors (Lipinski definition) is 1. The van der Waals surface area contributed by atoms with Gasteiger partial charge in [-0.2, -0.15) is 0 Å². The normalized spacial score (nSPS) is 63.4. The van der Waals surface area contributed by atoms with Gasteiger partial charge in [-0.1, -0.05) is 34.1 Å². The third-order valence-electron chi connectivity index (χ3n) is 9.15. The average Bonchev–Trinajstić information content (AvgIpc) is 3.15. The van der Waals surface area contributed by atoms with Gasteiger partial charge in [-0.15, -0.1) is 0 Å². The maximum absolute atomic E-state index is 6.26. The summed E-state index contributed by atoms with van der Waals surface area (Å²) in [6.07, 6.45) is 13.0. The van der Waals surface area contributed by atoms with Crippen molar-refractivity contribution in [1.29, 1.82) is 0 Å². The summed E-state index contributed by atoms with van der Waals surface area (Å²) in [5.41, 5.74) is 2.28. The topological polar surface area (TPSA) is 12.5 Å². The summed E-state index contributed by atoms with van der Waals surface area (Å²) in [4.78, 5) is 0. The van der Waals surface area contributed by atoms with Crippen LogP contribution in [-0.2, 0) is 4.74 Å². The Morgan fingerprint density at radius 1 is 0.810 bits per heavy atom. The molecule has 1 heterocycles. The van der Waals surface area contributed by atoms with Crippen molar-refractivity contribution < 1.29 is 4.74 Å². The quantitative estimate of drug-likeness (QED) is 0.559. The highest BCUT2D eigenvalue weighted by Crippen LogP contribution is 2.77. The first-order valence-electron chi connectivity index (χ1n) is 9.47. The lowest BCUT2D eigenvalue weighted by Gasteiger charge is -2.65. The fraction of sp³-hybridized carbons (Fsp3) is 1.00. The van der Waals surface area contributed by atoms with E-state index in [4.69, 9.17) is 4.74 Å². The molecule has 1 spiro atoms. The van der Waals surface area contributed by atoms with Gasteiger partial charge in [0.15, 0.2) is 0 Å². The van der Waals surface area contributed by atoms with Gasteiger partial charge in [0.25, 0.3) is 0 Å². The van der Waals surface area contributed by atoms with Gasteiger partial charge < -0.3 is 4.74 Å². The maximum Gasteiger partial charge on any atom is 0.0906 e. The van der Waals surface area contributed by atoms with Gasteiger partial charge in [0, 0.05) is 5.41 Å². The minimum atomic E-state index is 0.536. The summed E-state index contributed by atoms with van der Waals surface area (Å²) >= 11 is 0. The van der Waals surface area contributed by atoms with E-state index in [1.165, 1.54) is 51.4 Å². The molecule has 1 heteroatoms. The molecule has 1 saturated heterocycles. The van der Waals surface area contributed by atoms with E-state index in [-0.39, 0.29) is 0 Å². The molecule has 2 bridgehead atoms. The van der Waals surface area contributed by atoms with Gasteiger partial charge in [-0.25, -0.2) is 0 Å². The van der Waals surface area contributed by atoms with Crippen molar-refractivity contribution in [2.75, 3.05) is 0 Å². The summed E-state index contributed by atoms with van der Waals surface area (Å²) in [7, 11) is 0. The molecule has 5 rings (SSSR count). The Morgan fingerprint density at radius 2 is 1.57 bits per heavy atom. The van der Waals surface area contributed by atoms with Crippen molar-refractivity contribution in [1.82, 2.24) is 0 Å². The number of fused-ring (bicyclic) bond motifs is 5. The van der Waals surface area contributed by atoms with Crippen LogP contribution >= 0.6 is 0 Å². The molecule has 21 heavy (non-hydrogen) atoms. The molecule has 0 N–H and O–H groups in total. The molecule has 1 nitrogen and oxygen atoms in total. The van der Waals surface area contributed by atoms with Crippen LogP contribution in [-0.4, -0.2) is 12.2 Å². The standard InChI is InChI=1S/C20H32O/c1-17(2)8-5-9-19(4)13(17)7-11-20-12-18(3,10-6-14(19)20)15-16(20)21-15/h13-16H,5-12H2,1-4H3/t13-,14+,15+,16-,18+,19-,20+/m1/s1. The predicted molar refractivity (Wildman–Crippen MR) is 85.0 cm³/mol. The molecule has 0 aromatic carbocycles. The maximum atomic E-state index is 6.26. The van der Waals surface area contributed by atoms with Crippen molar-refractivity contribution in [3.05, 3.63) is 0 Å². The molecule has 5 fully saturated rings. The van der Waals surface area contributed by atoms with Crippen LogP contribution in [0.3, 0.4) is 0 Å². The zero-order valence-corrected chi connectivity index (χ0v) is 14.4. The highest BCUT2D eigenvalue weighted by atomic mass is 16.6. The first-order valence-corrected chi connectivity index (χ1v) is 9.47. The van der Waals surface area contributed by atoms with E-state index >= 15 is 0 Å². The van der Waals surface area contributed by atoms with E-state index in [9.17, 15) is 0 Å². The molecule has 5 aliphatic rings. The highest BCUT2D eigenvalue weighted by Gasteiger charge is 2.76. The van der Waals surface area contributed by atoms with Crippen molar-refractivity contribution in [2.45, 2.75) is 91.3 Å². The molecule has 1 aliphatic heterocycles. The molecule has 0 radical (unpaired) electrons. The third kappa shape index (κ3) is 1.39. The fourth-order valence-corrected chi connectivity index (χ4v) is 8.45. The molecule has 0 aromatic rings. The molecule has 0 unspecified atom stereocenters. The SMILES string of the molecule is CC1(C)CCC[C@]2(C)[C@@H]1CC[C@]13C[C@](C)(CC[C@@H]21)[C@H]1O[C@H]13. The van der Waals surface area contributed by atoms with Crippen LogP contribution in [0.5, 0.6) is 0 Å². The third-order valence-corrected chi connectivity index (χ3v) is 9.15. The average molecular weight is 288 g/mol. The lowest BCUT2D eigenvalue weighted by Crippen LogP contribution is -2.58. The fourth-order valence-electron chi connectivity index (χ4n) is 8.45. The Morgan fingerprint density at radius 3 is 2.38 bits per heavy atom. The molecular formula is C20H32O. The molecule has 0 aromatic heterocycles. The predicted octanol–water partition coefficient (Wildman–Crippen LogP) is 5.19. The Balaban J connectivity index is 1.58. The molecule has 7 atom stereocenters. The van der Waals surface area contributed by atoms with E-state index in [1.54, 1.807) is 0 Å². The second-order valence-electron chi connectivity index (χ2n) is 10.6. The minimum absolute atomic E-state index is 0.536. The first kappa shape index (κ1) is 13.4. The van der Waals surface area contributed by atoms with E-state index in [2.05, 4.69) is 27.7 Å². The second-order valence-corrected chi connectivity index (χ2v) is 10.6. The Labute approximate surface area is 130 Å². The van der Waals surface area contributed by atoms with Gasteiger partial charge in [0.05, 0.1) is 12.2 Å². The smallest absolute Gasteiger partial charge is 0.0906 e. The zero-order valence-electron chi connectivity index (χ0n) is 14.4. The van der Waals surface area contributed by atoms with Gasteiger partial charge in [-0.05, 0) is 73.0 Å². The van der Waals surface area contributed by atoms with Crippen LogP contribution in [0.2, 0.25) is 0 Å². The van der Waals surface area contributed by atoms with Gasteiger partial charge in [0.1, 0.15) is 0 Å². The van der Waals surface area contributed by atoms with E-state index in [0.717, 1.165) is 11.8 Å². The highest BCUT2D eigenvalue weighted by molar-refractivity contribution is 5.24. The monoisotopic (exact) mass is 288 g/mol. The number of ether oxygens (including phenoxy) is 1. The summed E-state index contributed by atoms with van der Waals surface area (Å²) < 4.78 is 6.26. The van der Waals surface area contributed by atoms with Crippen LogP contribution < -0.4 is 0 Å². The van der Waals surface area contributed by atoms with E-state index in [1.807, 2.05) is 0 Å². The van der Waals surface area contributed by atoms with Crippen LogP contribution in [0.25, 0.3) is 0 Å². The van der Waals surface area contributed by atoms with Crippen molar-refractivity contribution in [3.8, 4) is 0 Å². The Bertz CT molecular complexity index is 496. The van der Waals surface area contributed by atoms with Crippen LogP contribution in [0.4, 0.5) is 0 Å². The van der Waals surface area contributed by atoms with Crippen molar-refractivity contribution in [2.24, 2.45) is 33.5 Å². The molecule has 4 aliphatic carbocycles. The Hall–Kier alpha value is -0.0400. The zero-order chi connectivity index (χ0) is 14.7. The largest absolute Gasteiger partial charge is 0.368 e. The van der Waals surface area contributed by atoms with Gasteiger partial charge in [-0.3, -0.25) is 0 Å². The van der Waals surface area contributed by atoms with Gasteiger partial charge >= 0.3 is 0 Å². The van der Waals surface area contributed by atoms with Crippen LogP contribution in [0, 0.1) is 33.5 Å². The van der Waals surface area contributed by atoms with E-state index in [0.29, 0.717) is 33.9 Å². The molecule has 0 amide bonds. The molecular weight excluding hydrogens is 256 g/mol. The summed E-state index contributed by atoms with van der Waals surface area (Å²) in [6.45, 7) is 10.3. The molecule has 4 saturated carbocycles. The Kier molecular flexibility index (Phi) is 2.27. The molecule has 118 valence electrons.